The fourth-order valence-corrected chi connectivity index (χ4v) is 7.02. The van der Waals surface area contributed by atoms with E-state index in [9.17, 15) is 9.59 Å². The molecule has 0 radical (unpaired) electrons. The van der Waals surface area contributed by atoms with Gasteiger partial charge in [0.05, 0.1) is 24.2 Å². The van der Waals surface area contributed by atoms with E-state index >= 15 is 0 Å². The summed E-state index contributed by atoms with van der Waals surface area (Å²) in [6, 6.07) is 10.1. The maximum atomic E-state index is 13.2. The molecule has 6 atom stereocenters. The van der Waals surface area contributed by atoms with Gasteiger partial charge in [-0.25, -0.2) is 9.59 Å². The van der Waals surface area contributed by atoms with Crippen LogP contribution in [-0.4, -0.2) is 66.6 Å². The summed E-state index contributed by atoms with van der Waals surface area (Å²) in [6.45, 7) is 13.3. The van der Waals surface area contributed by atoms with Gasteiger partial charge in [-0.1, -0.05) is 44.2 Å². The molecule has 1 unspecified atom stereocenters. The fraction of sp³-hybridized carbons (Fsp3) is 0.724. The number of carbonyl (C=O) groups excluding carboxylic acids is 2. The Balaban J connectivity index is 1.24. The van der Waals surface area contributed by atoms with Crippen LogP contribution in [0.1, 0.15) is 72.8 Å². The number of nitrogens with one attached hydrogen (secondary N) is 1. The lowest BCUT2D eigenvalue weighted by atomic mass is 9.43. The first-order chi connectivity index (χ1) is 17.8. The van der Waals surface area contributed by atoms with Crippen LogP contribution in [0.3, 0.4) is 0 Å². The number of alkyl carbamates (subject to hydrolysis) is 1. The molecule has 2 aliphatic heterocycles. The predicted molar refractivity (Wildman–Crippen MR) is 144 cm³/mol. The lowest BCUT2D eigenvalue weighted by Gasteiger charge is -2.64. The highest BCUT2D eigenvalue weighted by Gasteiger charge is 2.68. The van der Waals surface area contributed by atoms with Gasteiger partial charge in [-0.3, -0.25) is 0 Å². The van der Waals surface area contributed by atoms with Crippen LogP contribution >= 0.6 is 0 Å². The van der Waals surface area contributed by atoms with Gasteiger partial charge in [-0.15, -0.1) is 0 Å². The Morgan fingerprint density at radius 3 is 2.61 bits per heavy atom. The van der Waals surface area contributed by atoms with Crippen LogP contribution in [0.4, 0.5) is 9.59 Å². The summed E-state index contributed by atoms with van der Waals surface area (Å²) in [5.41, 5.74) is 0.396. The van der Waals surface area contributed by atoms with E-state index in [0.29, 0.717) is 37.8 Å². The van der Waals surface area contributed by atoms with Crippen LogP contribution in [0.2, 0.25) is 0 Å². The smallest absolute Gasteiger partial charge is 0.444 e. The molecule has 2 amide bonds. The Morgan fingerprint density at radius 1 is 1.18 bits per heavy atom. The van der Waals surface area contributed by atoms with Gasteiger partial charge in [0.1, 0.15) is 11.7 Å². The first kappa shape index (κ1) is 27.3. The summed E-state index contributed by atoms with van der Waals surface area (Å²) in [5, 5.41) is 3.07. The van der Waals surface area contributed by atoms with Crippen LogP contribution in [0.25, 0.3) is 0 Å². The van der Waals surface area contributed by atoms with E-state index in [4.69, 9.17) is 18.8 Å². The maximum absolute atomic E-state index is 13.2. The topological polar surface area (TPSA) is 86.3 Å². The number of hydrogen-bond donors (Lipinski definition) is 1. The number of rotatable bonds is 5. The van der Waals surface area contributed by atoms with E-state index in [-0.39, 0.29) is 23.2 Å². The molecule has 0 spiro atoms. The van der Waals surface area contributed by atoms with Crippen molar-refractivity contribution in [2.45, 2.75) is 103 Å². The molecule has 38 heavy (non-hydrogen) atoms. The summed E-state index contributed by atoms with van der Waals surface area (Å²) < 4.78 is 24.6. The predicted octanol–water partition coefficient (Wildman–Crippen LogP) is 4.99. The molecule has 2 saturated heterocycles. The Hall–Kier alpha value is -2.26. The van der Waals surface area contributed by atoms with Gasteiger partial charge in [0.25, 0.3) is 0 Å². The number of nitrogens with zero attached hydrogens (tertiary/aromatic N) is 1. The zero-order chi connectivity index (χ0) is 27.3. The van der Waals surface area contributed by atoms with Crippen molar-refractivity contribution in [1.29, 1.82) is 0 Å². The number of likely N-dealkylation sites (tertiary alicyclic amines) is 1. The minimum Gasteiger partial charge on any atom is -0.444 e. The van der Waals surface area contributed by atoms with E-state index in [1.54, 1.807) is 4.90 Å². The summed E-state index contributed by atoms with van der Waals surface area (Å²) in [4.78, 5) is 27.3. The van der Waals surface area contributed by atoms with E-state index in [0.717, 1.165) is 18.4 Å². The molecular weight excluding hydrogens is 483 g/mol. The Bertz CT molecular complexity index is 1030. The molecule has 6 rings (SSSR count). The number of benzene rings is 1. The van der Waals surface area contributed by atoms with Gasteiger partial charge in [-0.2, -0.15) is 0 Å². The molecule has 8 nitrogen and oxygen atoms in total. The molecular formula is C29H43BN2O6. The van der Waals surface area contributed by atoms with Gasteiger partial charge >= 0.3 is 19.3 Å². The maximum Gasteiger partial charge on any atom is 0.482 e. The largest absolute Gasteiger partial charge is 0.482 e. The Morgan fingerprint density at radius 2 is 1.92 bits per heavy atom. The average molecular weight is 526 g/mol. The fourth-order valence-electron chi connectivity index (χ4n) is 7.02. The van der Waals surface area contributed by atoms with E-state index in [2.05, 4.69) is 26.1 Å². The van der Waals surface area contributed by atoms with Crippen LogP contribution in [0, 0.1) is 17.3 Å². The Labute approximate surface area is 227 Å². The molecule has 1 aromatic rings. The summed E-state index contributed by atoms with van der Waals surface area (Å²) >= 11 is 0. The molecule has 3 saturated carbocycles. The second-order valence-corrected chi connectivity index (χ2v) is 13.4. The molecule has 2 heterocycles. The standard InChI is InChI=1S/C29H43BN2O6/c1-27(2,3)36-26(34)32-14-10-13-21(18-32)35-25(33)31-24(15-19-11-8-7-9-12-19)30-37-23-17-20-16-22(28(20,4)5)29(23,6)38-30/h7-9,11-12,20-24H,10,13-18H2,1-6H3,(H,31,33)/t20-,21-,22-,23?,24-,29-/m0/s1. The van der Waals surface area contributed by atoms with Crippen molar-refractivity contribution in [2.75, 3.05) is 13.1 Å². The number of piperidine rings is 1. The quantitative estimate of drug-likeness (QED) is 0.544. The molecule has 3 aliphatic carbocycles. The number of carbonyl (C=O) groups is 2. The van der Waals surface area contributed by atoms with Crippen LogP contribution in [0.5, 0.6) is 0 Å². The van der Waals surface area contributed by atoms with Crippen molar-refractivity contribution < 1.29 is 28.4 Å². The van der Waals surface area contributed by atoms with Gasteiger partial charge in [-0.05, 0) is 82.6 Å². The highest BCUT2D eigenvalue weighted by atomic mass is 16.7. The van der Waals surface area contributed by atoms with Crippen molar-refractivity contribution in [3.05, 3.63) is 35.9 Å². The first-order valence-electron chi connectivity index (χ1n) is 14.2. The lowest BCUT2D eigenvalue weighted by molar-refractivity contribution is -0.199. The van der Waals surface area contributed by atoms with E-state index < -0.39 is 30.9 Å². The molecule has 1 aromatic carbocycles. The molecule has 9 heteroatoms. The zero-order valence-electron chi connectivity index (χ0n) is 23.7. The second kappa shape index (κ2) is 10.0. The van der Waals surface area contributed by atoms with Crippen molar-refractivity contribution >= 4 is 19.3 Å². The summed E-state index contributed by atoms with van der Waals surface area (Å²) in [7, 11) is -0.558. The summed E-state index contributed by atoms with van der Waals surface area (Å²) in [5.74, 6) is 0.685. The third kappa shape index (κ3) is 5.41. The molecule has 0 aromatic heterocycles. The zero-order valence-corrected chi connectivity index (χ0v) is 23.7. The number of hydrogen-bond acceptors (Lipinski definition) is 6. The highest BCUT2D eigenvalue weighted by molar-refractivity contribution is 6.47. The summed E-state index contributed by atoms with van der Waals surface area (Å²) in [6.07, 6.45) is 2.91. The Kier molecular flexibility index (Phi) is 7.22. The SMILES string of the molecule is CC(C)(C)OC(=O)N1CCC[C@H](OC(=O)N[C@@H](Cc2ccccc2)B2OC3C[C@@H]4C[C@@H](C4(C)C)[C@]3(C)O2)C1. The van der Waals surface area contributed by atoms with Gasteiger partial charge in [0.2, 0.25) is 0 Å². The second-order valence-electron chi connectivity index (χ2n) is 13.4. The van der Waals surface area contributed by atoms with Crippen molar-refractivity contribution in [3.8, 4) is 0 Å². The first-order valence-corrected chi connectivity index (χ1v) is 14.2. The monoisotopic (exact) mass is 526 g/mol. The van der Waals surface area contributed by atoms with Gasteiger partial charge in [0, 0.05) is 6.54 Å². The van der Waals surface area contributed by atoms with Gasteiger partial charge < -0.3 is 29.0 Å². The third-order valence-corrected chi connectivity index (χ3v) is 9.20. The molecule has 208 valence electrons. The van der Waals surface area contributed by atoms with E-state index in [1.807, 2.05) is 51.1 Å². The van der Waals surface area contributed by atoms with Crippen LogP contribution in [0.15, 0.2) is 30.3 Å². The highest BCUT2D eigenvalue weighted by Crippen LogP contribution is 2.65. The van der Waals surface area contributed by atoms with Crippen molar-refractivity contribution in [2.24, 2.45) is 17.3 Å². The van der Waals surface area contributed by atoms with Crippen molar-refractivity contribution in [3.63, 3.8) is 0 Å². The normalized spacial score (nSPS) is 32.6. The van der Waals surface area contributed by atoms with Crippen molar-refractivity contribution in [1.82, 2.24) is 10.2 Å². The molecule has 5 fully saturated rings. The number of ether oxygens (including phenoxy) is 2. The van der Waals surface area contributed by atoms with Gasteiger partial charge in [0.15, 0.2) is 0 Å². The van der Waals surface area contributed by atoms with E-state index in [1.165, 1.54) is 6.42 Å². The third-order valence-electron chi connectivity index (χ3n) is 9.20. The number of amides is 2. The van der Waals surface area contributed by atoms with Crippen LogP contribution < -0.4 is 5.32 Å². The minimum atomic E-state index is -0.572. The molecule has 1 N–H and O–H groups in total. The molecule has 2 bridgehead atoms. The lowest BCUT2D eigenvalue weighted by Crippen LogP contribution is -2.65. The molecule has 5 aliphatic rings. The van der Waals surface area contributed by atoms with Crippen LogP contribution in [-0.2, 0) is 25.2 Å². The minimum absolute atomic E-state index is 0.0288. The average Bonchev–Trinajstić information content (AvgIpc) is 3.20.